The molecule has 2 bridgehead atoms. The SMILES string of the molecule is Cc1ccc(-n2cc(CN3C[C@@H]4C[C@H]3C(=O)N4)cn2)cc1C. The number of hydrogen-bond donors (Lipinski definition) is 1. The van der Waals surface area contributed by atoms with Crippen LogP contribution < -0.4 is 5.32 Å². The average molecular weight is 296 g/mol. The molecule has 5 nitrogen and oxygen atoms in total. The number of carbonyl (C=O) groups excluding carboxylic acids is 1. The number of benzene rings is 1. The summed E-state index contributed by atoms with van der Waals surface area (Å²) in [5.74, 6) is 0.179. The first-order valence-corrected chi connectivity index (χ1v) is 7.76. The predicted molar refractivity (Wildman–Crippen MR) is 83.8 cm³/mol. The maximum Gasteiger partial charge on any atom is 0.237 e. The minimum Gasteiger partial charge on any atom is -0.351 e. The summed E-state index contributed by atoms with van der Waals surface area (Å²) in [5.41, 5.74) is 4.78. The topological polar surface area (TPSA) is 50.2 Å². The van der Waals surface area contributed by atoms with Gasteiger partial charge in [-0.2, -0.15) is 5.10 Å². The Morgan fingerprint density at radius 1 is 1.32 bits per heavy atom. The number of nitrogens with zero attached hydrogens (tertiary/aromatic N) is 3. The van der Waals surface area contributed by atoms with Crippen molar-refractivity contribution in [2.45, 2.75) is 38.9 Å². The summed E-state index contributed by atoms with van der Waals surface area (Å²) >= 11 is 0. The molecule has 3 heterocycles. The first-order valence-electron chi connectivity index (χ1n) is 7.76. The highest BCUT2D eigenvalue weighted by Gasteiger charge is 2.43. The summed E-state index contributed by atoms with van der Waals surface area (Å²) in [6.45, 7) is 5.97. The molecule has 2 atom stereocenters. The lowest BCUT2D eigenvalue weighted by molar-refractivity contribution is -0.125. The molecule has 2 aliphatic rings. The van der Waals surface area contributed by atoms with Crippen LogP contribution in [0, 0.1) is 13.8 Å². The number of piperazine rings is 1. The Kier molecular flexibility index (Phi) is 3.04. The molecule has 1 amide bonds. The molecule has 0 saturated carbocycles. The van der Waals surface area contributed by atoms with E-state index >= 15 is 0 Å². The maximum atomic E-state index is 11.8. The van der Waals surface area contributed by atoms with Crippen LogP contribution in [0.3, 0.4) is 0 Å². The first-order chi connectivity index (χ1) is 10.6. The van der Waals surface area contributed by atoms with Gasteiger partial charge in [0.05, 0.1) is 17.9 Å². The van der Waals surface area contributed by atoms with Crippen molar-refractivity contribution in [2.75, 3.05) is 6.54 Å². The van der Waals surface area contributed by atoms with Crippen LogP contribution in [0.25, 0.3) is 5.69 Å². The average Bonchev–Trinajstić information content (AvgIpc) is 3.17. The number of amides is 1. The molecular formula is C17H20N4O. The standard InChI is InChI=1S/C17H20N4O/c1-11-3-4-15(5-12(11)2)21-9-13(7-18-21)8-20-10-14-6-16(20)17(22)19-14/h3-5,7,9,14,16H,6,8,10H2,1-2H3,(H,19,22)/t14-,16-/m0/s1. The molecule has 0 spiro atoms. The van der Waals surface area contributed by atoms with Crippen molar-refractivity contribution in [3.63, 3.8) is 0 Å². The molecule has 0 aliphatic carbocycles. The van der Waals surface area contributed by atoms with Gasteiger partial charge in [0.2, 0.25) is 5.91 Å². The van der Waals surface area contributed by atoms with Gasteiger partial charge < -0.3 is 5.32 Å². The Morgan fingerprint density at radius 3 is 2.91 bits per heavy atom. The van der Waals surface area contributed by atoms with E-state index in [1.54, 1.807) is 0 Å². The number of hydrogen-bond acceptors (Lipinski definition) is 3. The Morgan fingerprint density at radius 2 is 2.18 bits per heavy atom. The monoisotopic (exact) mass is 296 g/mol. The second kappa shape index (κ2) is 4.95. The van der Waals surface area contributed by atoms with Crippen molar-refractivity contribution in [1.29, 1.82) is 0 Å². The van der Waals surface area contributed by atoms with Gasteiger partial charge in [0.25, 0.3) is 0 Å². The van der Waals surface area contributed by atoms with Crippen molar-refractivity contribution in [3.05, 3.63) is 47.3 Å². The molecule has 2 fully saturated rings. The van der Waals surface area contributed by atoms with Crippen molar-refractivity contribution in [2.24, 2.45) is 0 Å². The van der Waals surface area contributed by atoms with E-state index in [0.29, 0.717) is 6.04 Å². The van der Waals surface area contributed by atoms with E-state index in [-0.39, 0.29) is 11.9 Å². The molecule has 2 saturated heterocycles. The molecular weight excluding hydrogens is 276 g/mol. The van der Waals surface area contributed by atoms with Gasteiger partial charge in [-0.1, -0.05) is 6.07 Å². The fourth-order valence-electron chi connectivity index (χ4n) is 3.44. The quantitative estimate of drug-likeness (QED) is 0.935. The molecule has 114 valence electrons. The second-order valence-electron chi connectivity index (χ2n) is 6.45. The van der Waals surface area contributed by atoms with E-state index < -0.39 is 0 Å². The molecule has 0 unspecified atom stereocenters. The third-order valence-electron chi connectivity index (χ3n) is 4.83. The minimum atomic E-state index is 0.0509. The van der Waals surface area contributed by atoms with Crippen LogP contribution in [0.2, 0.25) is 0 Å². The second-order valence-corrected chi connectivity index (χ2v) is 6.45. The fraction of sp³-hybridized carbons (Fsp3) is 0.412. The number of aromatic nitrogens is 2. The summed E-state index contributed by atoms with van der Waals surface area (Å²) in [6.07, 6.45) is 4.91. The van der Waals surface area contributed by atoms with Crippen LogP contribution in [0.5, 0.6) is 0 Å². The molecule has 1 aromatic carbocycles. The highest BCUT2D eigenvalue weighted by atomic mass is 16.2. The predicted octanol–water partition coefficient (Wildman–Crippen LogP) is 1.56. The van der Waals surface area contributed by atoms with Crippen LogP contribution in [-0.4, -0.2) is 39.2 Å². The van der Waals surface area contributed by atoms with Crippen molar-refractivity contribution in [3.8, 4) is 5.69 Å². The number of aryl methyl sites for hydroxylation is 2. The molecule has 4 rings (SSSR count). The fourth-order valence-corrected chi connectivity index (χ4v) is 3.44. The third kappa shape index (κ3) is 2.22. The number of fused-ring (bicyclic) bond motifs is 2. The maximum absolute atomic E-state index is 11.8. The molecule has 0 radical (unpaired) electrons. The van der Waals surface area contributed by atoms with Gasteiger partial charge in [-0.05, 0) is 43.5 Å². The van der Waals surface area contributed by atoms with E-state index in [9.17, 15) is 4.79 Å². The highest BCUT2D eigenvalue weighted by Crippen LogP contribution is 2.26. The van der Waals surface area contributed by atoms with Gasteiger partial charge >= 0.3 is 0 Å². The lowest BCUT2D eigenvalue weighted by atomic mass is 10.1. The molecule has 1 N–H and O–H groups in total. The van der Waals surface area contributed by atoms with Gasteiger partial charge in [0, 0.05) is 30.9 Å². The van der Waals surface area contributed by atoms with Crippen LogP contribution in [0.15, 0.2) is 30.6 Å². The first kappa shape index (κ1) is 13.5. The number of nitrogens with one attached hydrogen (secondary N) is 1. The van der Waals surface area contributed by atoms with E-state index in [1.165, 1.54) is 11.1 Å². The summed E-state index contributed by atoms with van der Waals surface area (Å²) in [7, 11) is 0. The van der Waals surface area contributed by atoms with Crippen LogP contribution in [0.4, 0.5) is 0 Å². The van der Waals surface area contributed by atoms with E-state index in [4.69, 9.17) is 0 Å². The van der Waals surface area contributed by atoms with Gasteiger partial charge in [-0.3, -0.25) is 9.69 Å². The largest absolute Gasteiger partial charge is 0.351 e. The van der Waals surface area contributed by atoms with Crippen LogP contribution in [0.1, 0.15) is 23.1 Å². The van der Waals surface area contributed by atoms with Crippen molar-refractivity contribution >= 4 is 5.91 Å². The lowest BCUT2D eigenvalue weighted by Gasteiger charge is -2.25. The summed E-state index contributed by atoms with van der Waals surface area (Å²) in [4.78, 5) is 14.0. The molecule has 5 heteroatoms. The van der Waals surface area contributed by atoms with Gasteiger partial charge in [0.1, 0.15) is 0 Å². The minimum absolute atomic E-state index is 0.0509. The zero-order chi connectivity index (χ0) is 15.3. The molecule has 22 heavy (non-hydrogen) atoms. The third-order valence-corrected chi connectivity index (χ3v) is 4.83. The van der Waals surface area contributed by atoms with Crippen molar-refractivity contribution in [1.82, 2.24) is 20.0 Å². The van der Waals surface area contributed by atoms with Gasteiger partial charge in [-0.15, -0.1) is 0 Å². The Bertz CT molecular complexity index is 736. The Balaban J connectivity index is 1.52. The summed E-state index contributed by atoms with van der Waals surface area (Å²) in [5, 5.41) is 7.48. The van der Waals surface area contributed by atoms with E-state index in [2.05, 4.69) is 53.6 Å². The summed E-state index contributed by atoms with van der Waals surface area (Å²) in [6, 6.07) is 6.75. The van der Waals surface area contributed by atoms with E-state index in [1.807, 2.05) is 10.9 Å². The van der Waals surface area contributed by atoms with Crippen LogP contribution in [-0.2, 0) is 11.3 Å². The van der Waals surface area contributed by atoms with Gasteiger partial charge in [-0.25, -0.2) is 4.68 Å². The normalized spacial score (nSPS) is 24.0. The van der Waals surface area contributed by atoms with E-state index in [0.717, 1.165) is 30.8 Å². The summed E-state index contributed by atoms with van der Waals surface area (Å²) < 4.78 is 1.91. The van der Waals surface area contributed by atoms with Crippen LogP contribution >= 0.6 is 0 Å². The van der Waals surface area contributed by atoms with Gasteiger partial charge in [0.15, 0.2) is 0 Å². The number of likely N-dealkylation sites (tertiary alicyclic amines) is 1. The zero-order valence-corrected chi connectivity index (χ0v) is 12.9. The molecule has 1 aromatic heterocycles. The Labute approximate surface area is 129 Å². The highest BCUT2D eigenvalue weighted by molar-refractivity contribution is 5.85. The Hall–Kier alpha value is -2.14. The number of rotatable bonds is 3. The lowest BCUT2D eigenvalue weighted by Crippen LogP contribution is -2.47. The van der Waals surface area contributed by atoms with Crippen molar-refractivity contribution < 1.29 is 4.79 Å². The number of carbonyl (C=O) groups is 1. The molecule has 2 aromatic rings. The molecule has 2 aliphatic heterocycles. The smallest absolute Gasteiger partial charge is 0.237 e. The zero-order valence-electron chi connectivity index (χ0n) is 12.9.